The van der Waals surface area contributed by atoms with Crippen molar-refractivity contribution >= 4 is 23.6 Å². The van der Waals surface area contributed by atoms with Gasteiger partial charge in [0.1, 0.15) is 6.54 Å². The van der Waals surface area contributed by atoms with Crippen molar-refractivity contribution in [2.24, 2.45) is 0 Å². The number of hydrogen-bond donors (Lipinski definition) is 4. The second kappa shape index (κ2) is 7.78. The lowest BCUT2D eigenvalue weighted by atomic mass is 10.2. The van der Waals surface area contributed by atoms with Crippen LogP contribution in [0.2, 0.25) is 0 Å². The van der Waals surface area contributed by atoms with Crippen molar-refractivity contribution in [1.29, 1.82) is 0 Å². The van der Waals surface area contributed by atoms with Crippen molar-refractivity contribution in [3.05, 3.63) is 29.8 Å². The predicted molar refractivity (Wildman–Crippen MR) is 69.4 cm³/mol. The van der Waals surface area contributed by atoms with Crippen LogP contribution in [-0.2, 0) is 4.79 Å². The number of alkyl halides is 2. The summed E-state index contributed by atoms with van der Waals surface area (Å²) in [6.45, 7) is -1.27. The summed E-state index contributed by atoms with van der Waals surface area (Å²) in [5.41, 5.74) is 0.506. The van der Waals surface area contributed by atoms with Crippen LogP contribution in [0.15, 0.2) is 24.3 Å². The Morgan fingerprint density at radius 1 is 1.10 bits per heavy atom. The number of nitrogens with one attached hydrogen (secondary N) is 3. The first-order valence-corrected chi connectivity index (χ1v) is 5.81. The van der Waals surface area contributed by atoms with Gasteiger partial charge in [0.15, 0.2) is 0 Å². The molecule has 0 atom stereocenters. The van der Waals surface area contributed by atoms with Gasteiger partial charge in [0.2, 0.25) is 0 Å². The lowest BCUT2D eigenvalue weighted by Gasteiger charge is -2.08. The number of halogens is 2. The van der Waals surface area contributed by atoms with Crippen LogP contribution in [0.5, 0.6) is 0 Å². The molecule has 0 aliphatic carbocycles. The molecule has 0 fully saturated rings. The summed E-state index contributed by atoms with van der Waals surface area (Å²) >= 11 is 0. The van der Waals surface area contributed by atoms with Crippen LogP contribution in [0.25, 0.3) is 0 Å². The highest BCUT2D eigenvalue weighted by molar-refractivity contribution is 5.96. The summed E-state index contributed by atoms with van der Waals surface area (Å²) in [5.74, 6) is -1.75. The molecule has 4 N–H and O–H groups in total. The average molecular weight is 301 g/mol. The highest BCUT2D eigenvalue weighted by atomic mass is 19.3. The molecule has 0 saturated carbocycles. The van der Waals surface area contributed by atoms with Gasteiger partial charge in [-0.3, -0.25) is 9.59 Å². The fourth-order valence-corrected chi connectivity index (χ4v) is 1.31. The van der Waals surface area contributed by atoms with E-state index in [0.29, 0.717) is 5.69 Å². The summed E-state index contributed by atoms with van der Waals surface area (Å²) < 4.78 is 23.8. The normalized spacial score (nSPS) is 10.0. The number of carboxylic acids is 1. The molecule has 0 aliphatic rings. The van der Waals surface area contributed by atoms with Gasteiger partial charge in [-0.2, -0.15) is 0 Å². The van der Waals surface area contributed by atoms with Crippen LogP contribution in [0.1, 0.15) is 10.4 Å². The van der Waals surface area contributed by atoms with E-state index in [9.17, 15) is 23.2 Å². The van der Waals surface area contributed by atoms with Gasteiger partial charge in [0, 0.05) is 11.3 Å². The van der Waals surface area contributed by atoms with Gasteiger partial charge < -0.3 is 21.1 Å². The van der Waals surface area contributed by atoms with Gasteiger partial charge >= 0.3 is 12.0 Å². The number of urea groups is 1. The van der Waals surface area contributed by atoms with Crippen molar-refractivity contribution in [2.75, 3.05) is 18.4 Å². The zero-order chi connectivity index (χ0) is 15.8. The first-order valence-electron chi connectivity index (χ1n) is 5.81. The van der Waals surface area contributed by atoms with E-state index in [0.717, 1.165) is 0 Å². The summed E-state index contributed by atoms with van der Waals surface area (Å²) in [6, 6.07) is 4.70. The van der Waals surface area contributed by atoms with Crippen molar-refractivity contribution in [2.45, 2.75) is 6.43 Å². The molecule has 1 rings (SSSR count). The molecule has 7 nitrogen and oxygen atoms in total. The number of rotatable bonds is 6. The third-order valence-electron chi connectivity index (χ3n) is 2.22. The zero-order valence-electron chi connectivity index (χ0n) is 10.7. The Balaban J connectivity index is 2.51. The van der Waals surface area contributed by atoms with Gasteiger partial charge in [-0.05, 0) is 24.3 Å². The van der Waals surface area contributed by atoms with E-state index in [1.807, 2.05) is 5.32 Å². The maximum absolute atomic E-state index is 11.9. The quantitative estimate of drug-likeness (QED) is 0.625. The molecule has 0 radical (unpaired) electrons. The molecule has 21 heavy (non-hydrogen) atoms. The lowest BCUT2D eigenvalue weighted by molar-refractivity contribution is -0.135. The van der Waals surface area contributed by atoms with Gasteiger partial charge in [-0.25, -0.2) is 13.6 Å². The van der Waals surface area contributed by atoms with E-state index in [-0.39, 0.29) is 5.56 Å². The third kappa shape index (κ3) is 6.32. The molecule has 0 saturated heterocycles. The second-order valence-electron chi connectivity index (χ2n) is 3.88. The number of carbonyl (C=O) groups excluding carboxylic acids is 2. The molecule has 0 unspecified atom stereocenters. The molecule has 0 aliphatic heterocycles. The largest absolute Gasteiger partial charge is 0.480 e. The minimum Gasteiger partial charge on any atom is -0.480 e. The van der Waals surface area contributed by atoms with Crippen molar-refractivity contribution in [3.63, 3.8) is 0 Å². The van der Waals surface area contributed by atoms with Crippen molar-refractivity contribution in [1.82, 2.24) is 10.6 Å². The number of carbonyl (C=O) groups is 3. The predicted octanol–water partition coefficient (Wildman–Crippen LogP) is 0.888. The van der Waals surface area contributed by atoms with Gasteiger partial charge in [0.25, 0.3) is 12.3 Å². The summed E-state index contributed by atoms with van der Waals surface area (Å²) in [5, 5.41) is 14.8. The number of benzene rings is 1. The molecule has 1 aromatic carbocycles. The van der Waals surface area contributed by atoms with Crippen LogP contribution >= 0.6 is 0 Å². The van der Waals surface area contributed by atoms with E-state index in [2.05, 4.69) is 10.6 Å². The number of hydrogen-bond acceptors (Lipinski definition) is 3. The molecule has 0 spiro atoms. The molecule has 9 heteroatoms. The lowest BCUT2D eigenvalue weighted by Crippen LogP contribution is -2.32. The van der Waals surface area contributed by atoms with Crippen LogP contribution in [0.4, 0.5) is 19.3 Å². The van der Waals surface area contributed by atoms with Gasteiger partial charge in [-0.1, -0.05) is 0 Å². The molecular formula is C12H13F2N3O4. The molecule has 0 heterocycles. The van der Waals surface area contributed by atoms with Crippen LogP contribution in [0.3, 0.4) is 0 Å². The molecular weight excluding hydrogens is 288 g/mol. The molecule has 1 aromatic rings. The van der Waals surface area contributed by atoms with Gasteiger partial charge in [-0.15, -0.1) is 0 Å². The topological polar surface area (TPSA) is 108 Å². The summed E-state index contributed by atoms with van der Waals surface area (Å²) in [4.78, 5) is 33.0. The molecule has 114 valence electrons. The standard InChI is InChI=1S/C12H13F2N3O4/c13-9(14)5-16-12(21)17-8-3-1-7(2-4-8)11(20)15-6-10(18)19/h1-4,9H,5-6H2,(H,15,20)(H,18,19)(H2,16,17,21). The highest BCUT2D eigenvalue weighted by Crippen LogP contribution is 2.09. The average Bonchev–Trinajstić information content (AvgIpc) is 2.43. The molecule has 0 bridgehead atoms. The SMILES string of the molecule is O=C(O)CNC(=O)c1ccc(NC(=O)NCC(F)F)cc1. The second-order valence-corrected chi connectivity index (χ2v) is 3.88. The van der Waals surface area contributed by atoms with E-state index in [4.69, 9.17) is 5.11 Å². The van der Waals surface area contributed by atoms with Crippen LogP contribution in [0, 0.1) is 0 Å². The number of carboxylic acid groups (broad SMARTS) is 1. The fraction of sp³-hybridized carbons (Fsp3) is 0.250. The van der Waals surface area contributed by atoms with E-state index in [1.54, 1.807) is 0 Å². The Morgan fingerprint density at radius 3 is 2.24 bits per heavy atom. The zero-order valence-corrected chi connectivity index (χ0v) is 10.7. The number of aliphatic carboxylic acids is 1. The van der Waals surface area contributed by atoms with E-state index in [1.165, 1.54) is 24.3 Å². The summed E-state index contributed by atoms with van der Waals surface area (Å²) in [7, 11) is 0. The van der Waals surface area contributed by atoms with Crippen molar-refractivity contribution in [3.8, 4) is 0 Å². The monoisotopic (exact) mass is 301 g/mol. The number of anilines is 1. The highest BCUT2D eigenvalue weighted by Gasteiger charge is 2.09. The van der Waals surface area contributed by atoms with Crippen LogP contribution in [-0.4, -0.2) is 42.5 Å². The maximum atomic E-state index is 11.9. The first-order chi connectivity index (χ1) is 9.88. The summed E-state index contributed by atoms with van der Waals surface area (Å²) in [6.07, 6.45) is -2.64. The van der Waals surface area contributed by atoms with E-state index >= 15 is 0 Å². The molecule has 3 amide bonds. The smallest absolute Gasteiger partial charge is 0.322 e. The maximum Gasteiger partial charge on any atom is 0.322 e. The Morgan fingerprint density at radius 2 is 1.71 bits per heavy atom. The first kappa shape index (κ1) is 16.3. The Hall–Kier alpha value is -2.71. The minimum absolute atomic E-state index is 0.204. The van der Waals surface area contributed by atoms with Gasteiger partial charge in [0.05, 0.1) is 6.54 Å². The van der Waals surface area contributed by atoms with Crippen LogP contribution < -0.4 is 16.0 Å². The molecule has 0 aromatic heterocycles. The van der Waals surface area contributed by atoms with E-state index < -0.39 is 37.4 Å². The third-order valence-corrected chi connectivity index (χ3v) is 2.22. The Bertz CT molecular complexity index is 520. The van der Waals surface area contributed by atoms with Crippen molar-refractivity contribution < 1.29 is 28.3 Å². The Labute approximate surface area is 118 Å². The fourth-order valence-electron chi connectivity index (χ4n) is 1.31. The number of amides is 3. The minimum atomic E-state index is -2.64. The Kier molecular flexibility index (Phi) is 6.05.